The van der Waals surface area contributed by atoms with Gasteiger partial charge in [0.2, 0.25) is 0 Å². The summed E-state index contributed by atoms with van der Waals surface area (Å²) in [6, 6.07) is 10.5. The fraction of sp³-hybridized carbons (Fsp3) is 0.0625. The number of benzene rings is 1. The van der Waals surface area contributed by atoms with Crippen LogP contribution >= 0.6 is 0 Å². The molecule has 0 saturated heterocycles. The zero-order valence-corrected chi connectivity index (χ0v) is 11.7. The van der Waals surface area contributed by atoms with Gasteiger partial charge in [-0.05, 0) is 13.0 Å². The molecule has 110 valence electrons. The molecule has 3 aromatic rings. The summed E-state index contributed by atoms with van der Waals surface area (Å²) in [4.78, 5) is 26.1. The summed E-state index contributed by atoms with van der Waals surface area (Å²) in [5.41, 5.74) is 1.75. The fourth-order valence-electron chi connectivity index (χ4n) is 2.23. The summed E-state index contributed by atoms with van der Waals surface area (Å²) in [7, 11) is 0. The van der Waals surface area contributed by atoms with Crippen molar-refractivity contribution in [3.63, 3.8) is 0 Å². The Kier molecular flexibility index (Phi) is 3.34. The highest BCUT2D eigenvalue weighted by atomic mass is 16.5. The topological polar surface area (TPSA) is 96.2 Å². The van der Waals surface area contributed by atoms with Crippen molar-refractivity contribution in [1.29, 1.82) is 0 Å². The number of rotatable bonds is 4. The molecule has 0 aliphatic carbocycles. The number of nitrogens with one attached hydrogen (secondary N) is 1. The van der Waals surface area contributed by atoms with Gasteiger partial charge < -0.3 is 14.6 Å². The number of aromatic nitrogens is 2. The second-order valence-corrected chi connectivity index (χ2v) is 4.76. The Balaban J connectivity index is 2.06. The maximum Gasteiger partial charge on any atom is 0.352 e. The molecule has 0 fully saturated rings. The van der Waals surface area contributed by atoms with E-state index in [1.165, 1.54) is 12.3 Å². The van der Waals surface area contributed by atoms with Crippen molar-refractivity contribution in [2.45, 2.75) is 6.92 Å². The predicted octanol–water partition coefficient (Wildman–Crippen LogP) is 2.91. The van der Waals surface area contributed by atoms with Gasteiger partial charge in [0, 0.05) is 17.3 Å². The lowest BCUT2D eigenvalue weighted by Gasteiger charge is -2.00. The van der Waals surface area contributed by atoms with Gasteiger partial charge in [-0.1, -0.05) is 35.5 Å². The van der Waals surface area contributed by atoms with Gasteiger partial charge in [-0.15, -0.1) is 0 Å². The monoisotopic (exact) mass is 296 g/mol. The summed E-state index contributed by atoms with van der Waals surface area (Å²) in [6.07, 6.45) is 1.37. The summed E-state index contributed by atoms with van der Waals surface area (Å²) in [6.45, 7) is 1.65. The van der Waals surface area contributed by atoms with Gasteiger partial charge in [-0.3, -0.25) is 4.79 Å². The zero-order valence-electron chi connectivity index (χ0n) is 11.7. The molecule has 3 rings (SSSR count). The number of H-pyrrole nitrogens is 1. The Labute approximate surface area is 125 Å². The molecule has 1 aromatic carbocycles. The molecule has 0 amide bonds. The second-order valence-electron chi connectivity index (χ2n) is 4.76. The zero-order chi connectivity index (χ0) is 15.7. The predicted molar refractivity (Wildman–Crippen MR) is 77.9 cm³/mol. The first-order valence-corrected chi connectivity index (χ1v) is 6.56. The van der Waals surface area contributed by atoms with E-state index < -0.39 is 5.97 Å². The van der Waals surface area contributed by atoms with Gasteiger partial charge in [0.25, 0.3) is 0 Å². The average molecular weight is 296 g/mol. The van der Waals surface area contributed by atoms with Crippen molar-refractivity contribution in [3.05, 3.63) is 65.2 Å². The van der Waals surface area contributed by atoms with Gasteiger partial charge >= 0.3 is 5.97 Å². The smallest absolute Gasteiger partial charge is 0.352 e. The van der Waals surface area contributed by atoms with Crippen molar-refractivity contribution >= 4 is 11.8 Å². The third-order valence-electron chi connectivity index (χ3n) is 3.31. The van der Waals surface area contributed by atoms with Crippen LogP contribution < -0.4 is 0 Å². The van der Waals surface area contributed by atoms with E-state index in [-0.39, 0.29) is 17.0 Å². The molecule has 0 atom stereocenters. The van der Waals surface area contributed by atoms with Crippen molar-refractivity contribution < 1.29 is 19.2 Å². The number of carbonyl (C=O) groups is 2. The Morgan fingerprint density at radius 1 is 1.23 bits per heavy atom. The Hall–Kier alpha value is -3.15. The van der Waals surface area contributed by atoms with E-state index in [1.54, 1.807) is 6.92 Å². The Bertz CT molecular complexity index is 846. The highest BCUT2D eigenvalue weighted by molar-refractivity contribution is 6.13. The van der Waals surface area contributed by atoms with Crippen molar-refractivity contribution in [2.75, 3.05) is 0 Å². The number of nitrogens with zero attached hydrogens (tertiary/aromatic N) is 1. The average Bonchev–Trinajstić information content (AvgIpc) is 3.14. The molecule has 0 unspecified atom stereocenters. The molecule has 6 heteroatoms. The molecule has 0 bridgehead atoms. The minimum atomic E-state index is -1.12. The lowest BCUT2D eigenvalue weighted by Crippen LogP contribution is -2.03. The van der Waals surface area contributed by atoms with E-state index in [9.17, 15) is 9.59 Å². The lowest BCUT2D eigenvalue weighted by molar-refractivity contribution is 0.0691. The van der Waals surface area contributed by atoms with Crippen LogP contribution in [0.5, 0.6) is 0 Å². The largest absolute Gasteiger partial charge is 0.477 e. The van der Waals surface area contributed by atoms with Crippen LogP contribution in [0.4, 0.5) is 0 Å². The molecule has 0 spiro atoms. The molecule has 2 aromatic heterocycles. The Morgan fingerprint density at radius 2 is 1.95 bits per heavy atom. The van der Waals surface area contributed by atoms with Gasteiger partial charge in [0.1, 0.15) is 17.1 Å². The molecule has 6 nitrogen and oxygen atoms in total. The first kappa shape index (κ1) is 13.8. The number of hydrogen-bond donors (Lipinski definition) is 2. The van der Waals surface area contributed by atoms with Crippen LogP contribution in [0.3, 0.4) is 0 Å². The van der Waals surface area contributed by atoms with Crippen LogP contribution in [-0.2, 0) is 0 Å². The summed E-state index contributed by atoms with van der Waals surface area (Å²) in [5.74, 6) is -1.06. The van der Waals surface area contributed by atoms with Gasteiger partial charge in [0.05, 0.1) is 5.56 Å². The van der Waals surface area contributed by atoms with Crippen LogP contribution in [0.1, 0.15) is 32.2 Å². The summed E-state index contributed by atoms with van der Waals surface area (Å²) in [5, 5.41) is 12.9. The van der Waals surface area contributed by atoms with Crippen molar-refractivity contribution in [3.8, 4) is 11.3 Å². The molecule has 0 aliphatic rings. The number of aromatic carboxylic acids is 1. The maximum absolute atomic E-state index is 12.6. The number of aryl methyl sites for hydroxylation is 1. The Morgan fingerprint density at radius 3 is 2.59 bits per heavy atom. The van der Waals surface area contributed by atoms with E-state index in [2.05, 4.69) is 10.1 Å². The number of carboxylic acids is 1. The van der Waals surface area contributed by atoms with E-state index in [1.807, 2.05) is 30.3 Å². The normalized spacial score (nSPS) is 10.6. The van der Waals surface area contributed by atoms with Crippen LogP contribution in [0.25, 0.3) is 11.3 Å². The van der Waals surface area contributed by atoms with Gasteiger partial charge in [-0.25, -0.2) is 4.79 Å². The van der Waals surface area contributed by atoms with E-state index in [4.69, 9.17) is 9.63 Å². The number of ketones is 1. The molecule has 0 saturated carbocycles. The molecule has 0 aliphatic heterocycles. The van der Waals surface area contributed by atoms with Crippen LogP contribution in [0.2, 0.25) is 0 Å². The molecule has 0 radical (unpaired) electrons. The molecule has 22 heavy (non-hydrogen) atoms. The standard InChI is InChI=1S/C16H12N2O4/c1-9-13(14(18-22-9)10-5-3-2-4-6-10)15(19)11-7-12(16(20)21)17-8-11/h2-8,17H,1H3,(H,20,21). The van der Waals surface area contributed by atoms with Crippen LogP contribution in [-0.4, -0.2) is 27.0 Å². The maximum atomic E-state index is 12.6. The molecular formula is C16H12N2O4. The molecule has 2 N–H and O–H groups in total. The SMILES string of the molecule is Cc1onc(-c2ccccc2)c1C(=O)c1c[nH]c(C(=O)O)c1. The fourth-order valence-corrected chi connectivity index (χ4v) is 2.23. The van der Waals surface area contributed by atoms with E-state index >= 15 is 0 Å². The highest BCUT2D eigenvalue weighted by Gasteiger charge is 2.24. The van der Waals surface area contributed by atoms with Crippen molar-refractivity contribution in [1.82, 2.24) is 10.1 Å². The second kappa shape index (κ2) is 5.33. The quantitative estimate of drug-likeness (QED) is 0.722. The number of carbonyl (C=O) groups excluding carboxylic acids is 1. The number of carboxylic acid groups (broad SMARTS) is 1. The summed E-state index contributed by atoms with van der Waals surface area (Å²) < 4.78 is 5.15. The van der Waals surface area contributed by atoms with Gasteiger partial charge in [0.15, 0.2) is 5.78 Å². The van der Waals surface area contributed by atoms with Crippen molar-refractivity contribution in [2.24, 2.45) is 0 Å². The van der Waals surface area contributed by atoms with E-state index in [0.717, 1.165) is 5.56 Å². The number of hydrogen-bond acceptors (Lipinski definition) is 4. The lowest BCUT2D eigenvalue weighted by atomic mass is 10.00. The molecule has 2 heterocycles. The highest BCUT2D eigenvalue weighted by Crippen LogP contribution is 2.27. The van der Waals surface area contributed by atoms with E-state index in [0.29, 0.717) is 17.0 Å². The third-order valence-corrected chi connectivity index (χ3v) is 3.31. The summed E-state index contributed by atoms with van der Waals surface area (Å²) >= 11 is 0. The van der Waals surface area contributed by atoms with Crippen LogP contribution in [0, 0.1) is 6.92 Å². The molecular weight excluding hydrogens is 284 g/mol. The number of aromatic amines is 1. The minimum Gasteiger partial charge on any atom is -0.477 e. The minimum absolute atomic E-state index is 0.0429. The first-order chi connectivity index (χ1) is 10.6. The van der Waals surface area contributed by atoms with Crippen LogP contribution in [0.15, 0.2) is 47.1 Å². The first-order valence-electron chi connectivity index (χ1n) is 6.56. The third kappa shape index (κ3) is 2.31. The van der Waals surface area contributed by atoms with Gasteiger partial charge in [-0.2, -0.15) is 0 Å².